The van der Waals surface area contributed by atoms with Crippen LogP contribution >= 0.6 is 15.9 Å². The van der Waals surface area contributed by atoms with Crippen molar-refractivity contribution in [1.29, 1.82) is 0 Å². The fourth-order valence-corrected chi connectivity index (χ4v) is 2.49. The molecule has 0 aromatic carbocycles. The number of hydrogen-bond donors (Lipinski definition) is 0. The molecule has 1 aromatic heterocycles. The minimum Gasteiger partial charge on any atom is -0.384 e. The fourth-order valence-electron chi connectivity index (χ4n) is 2.20. The number of ether oxygens (including phenoxy) is 1. The van der Waals surface area contributed by atoms with Crippen molar-refractivity contribution in [3.63, 3.8) is 0 Å². The van der Waals surface area contributed by atoms with Gasteiger partial charge in [-0.25, -0.2) is 9.97 Å². The van der Waals surface area contributed by atoms with E-state index in [-0.39, 0.29) is 0 Å². The first-order chi connectivity index (χ1) is 8.33. The van der Waals surface area contributed by atoms with E-state index in [4.69, 9.17) is 4.74 Å². The van der Waals surface area contributed by atoms with E-state index in [2.05, 4.69) is 30.8 Å². The predicted molar refractivity (Wildman–Crippen MR) is 71.5 cm³/mol. The van der Waals surface area contributed by atoms with Gasteiger partial charge >= 0.3 is 0 Å². The number of piperidine rings is 1. The van der Waals surface area contributed by atoms with E-state index in [1.54, 1.807) is 7.11 Å². The molecule has 2 rings (SSSR count). The predicted octanol–water partition coefficient (Wildman–Crippen LogP) is 2.23. The van der Waals surface area contributed by atoms with Gasteiger partial charge in [-0.3, -0.25) is 0 Å². The molecule has 0 aliphatic carbocycles. The molecule has 0 radical (unpaired) electrons. The van der Waals surface area contributed by atoms with Crippen LogP contribution in [0.4, 0.5) is 5.95 Å². The maximum absolute atomic E-state index is 5.23. The van der Waals surface area contributed by atoms with Crippen molar-refractivity contribution in [2.24, 2.45) is 5.92 Å². The molecule has 0 spiro atoms. The number of anilines is 1. The summed E-state index contributed by atoms with van der Waals surface area (Å²) >= 11 is 3.40. The molecule has 1 aliphatic rings. The number of rotatable bonds is 4. The number of nitrogens with zero attached hydrogens (tertiary/aromatic N) is 3. The Balaban J connectivity index is 2.00. The first kappa shape index (κ1) is 12.8. The normalized spacial score (nSPS) is 20.6. The third kappa shape index (κ3) is 3.39. The maximum Gasteiger partial charge on any atom is 0.225 e. The monoisotopic (exact) mass is 299 g/mol. The van der Waals surface area contributed by atoms with Gasteiger partial charge in [0, 0.05) is 37.9 Å². The molecule has 5 heteroatoms. The number of methoxy groups -OCH3 is 1. The molecule has 0 amide bonds. The fraction of sp³-hybridized carbons (Fsp3) is 0.667. The third-order valence-electron chi connectivity index (χ3n) is 3.05. The van der Waals surface area contributed by atoms with Crippen LogP contribution in [-0.2, 0) is 10.1 Å². The van der Waals surface area contributed by atoms with Gasteiger partial charge in [0.25, 0.3) is 0 Å². The Labute approximate surface area is 111 Å². The van der Waals surface area contributed by atoms with Gasteiger partial charge in [-0.15, -0.1) is 0 Å². The highest BCUT2D eigenvalue weighted by Gasteiger charge is 2.21. The van der Waals surface area contributed by atoms with Crippen molar-refractivity contribution in [1.82, 2.24) is 9.97 Å². The molecule has 17 heavy (non-hydrogen) atoms. The molecular weight excluding hydrogens is 282 g/mol. The van der Waals surface area contributed by atoms with Crippen LogP contribution in [-0.4, -0.2) is 36.8 Å². The van der Waals surface area contributed by atoms with Crippen molar-refractivity contribution in [3.8, 4) is 0 Å². The summed E-state index contributed by atoms with van der Waals surface area (Å²) in [5.74, 6) is 1.45. The quantitative estimate of drug-likeness (QED) is 0.799. The molecule has 1 aromatic rings. The minimum atomic E-state index is 0.605. The Bertz CT molecular complexity index is 342. The van der Waals surface area contributed by atoms with Gasteiger partial charge in [0.05, 0.1) is 6.61 Å². The minimum absolute atomic E-state index is 0.605. The van der Waals surface area contributed by atoms with Crippen LogP contribution in [0.1, 0.15) is 18.4 Å². The molecule has 0 saturated carbocycles. The van der Waals surface area contributed by atoms with Crippen molar-refractivity contribution in [2.45, 2.75) is 18.2 Å². The molecular formula is C12H18BrN3O. The maximum atomic E-state index is 5.23. The van der Waals surface area contributed by atoms with Crippen molar-refractivity contribution in [2.75, 3.05) is 31.7 Å². The van der Waals surface area contributed by atoms with Gasteiger partial charge < -0.3 is 9.64 Å². The number of hydrogen-bond acceptors (Lipinski definition) is 4. The molecule has 1 aliphatic heterocycles. The molecule has 1 unspecified atom stereocenters. The highest BCUT2D eigenvalue weighted by molar-refractivity contribution is 9.08. The highest BCUT2D eigenvalue weighted by Crippen LogP contribution is 2.20. The van der Waals surface area contributed by atoms with Crippen LogP contribution in [0.3, 0.4) is 0 Å². The average Bonchev–Trinajstić information content (AvgIpc) is 2.40. The molecule has 0 N–H and O–H groups in total. The van der Waals surface area contributed by atoms with Crippen LogP contribution < -0.4 is 4.90 Å². The summed E-state index contributed by atoms with van der Waals surface area (Å²) in [7, 11) is 1.76. The largest absolute Gasteiger partial charge is 0.384 e. The standard InChI is InChI=1S/C12H18BrN3O/c1-17-9-10-3-2-4-16(8-10)12-14-6-11(5-13)7-15-12/h6-7,10H,2-5,8-9H2,1H3. The van der Waals surface area contributed by atoms with Crippen LogP contribution in [0.2, 0.25) is 0 Å². The van der Waals surface area contributed by atoms with Gasteiger partial charge in [0.1, 0.15) is 0 Å². The Morgan fingerprint density at radius 1 is 1.47 bits per heavy atom. The lowest BCUT2D eigenvalue weighted by Crippen LogP contribution is -2.38. The lowest BCUT2D eigenvalue weighted by molar-refractivity contribution is 0.143. The van der Waals surface area contributed by atoms with Crippen LogP contribution in [0.15, 0.2) is 12.4 Å². The molecule has 1 atom stereocenters. The van der Waals surface area contributed by atoms with Gasteiger partial charge in [-0.1, -0.05) is 15.9 Å². The lowest BCUT2D eigenvalue weighted by Gasteiger charge is -2.32. The van der Waals surface area contributed by atoms with Crippen LogP contribution in [0.25, 0.3) is 0 Å². The second-order valence-corrected chi connectivity index (χ2v) is 5.00. The van der Waals surface area contributed by atoms with E-state index in [0.717, 1.165) is 36.5 Å². The SMILES string of the molecule is COCC1CCCN(c2ncc(CBr)cn2)C1. The zero-order valence-electron chi connectivity index (χ0n) is 10.1. The third-order valence-corrected chi connectivity index (χ3v) is 3.70. The van der Waals surface area contributed by atoms with E-state index in [1.165, 1.54) is 12.8 Å². The van der Waals surface area contributed by atoms with E-state index < -0.39 is 0 Å². The number of aromatic nitrogens is 2. The van der Waals surface area contributed by atoms with Gasteiger partial charge in [-0.2, -0.15) is 0 Å². The summed E-state index contributed by atoms with van der Waals surface area (Å²) in [6, 6.07) is 0. The molecule has 1 saturated heterocycles. The van der Waals surface area contributed by atoms with E-state index in [0.29, 0.717) is 5.92 Å². The van der Waals surface area contributed by atoms with Crippen LogP contribution in [0.5, 0.6) is 0 Å². The van der Waals surface area contributed by atoms with E-state index in [9.17, 15) is 0 Å². The number of alkyl halides is 1. The Hall–Kier alpha value is -0.680. The second kappa shape index (κ2) is 6.31. The van der Waals surface area contributed by atoms with Crippen molar-refractivity contribution < 1.29 is 4.74 Å². The van der Waals surface area contributed by atoms with Gasteiger partial charge in [-0.05, 0) is 24.3 Å². The number of halogens is 1. The van der Waals surface area contributed by atoms with E-state index >= 15 is 0 Å². The topological polar surface area (TPSA) is 38.2 Å². The van der Waals surface area contributed by atoms with Crippen molar-refractivity contribution >= 4 is 21.9 Å². The van der Waals surface area contributed by atoms with Crippen molar-refractivity contribution in [3.05, 3.63) is 18.0 Å². The van der Waals surface area contributed by atoms with Crippen LogP contribution in [0, 0.1) is 5.92 Å². The molecule has 2 heterocycles. The Morgan fingerprint density at radius 3 is 2.88 bits per heavy atom. The zero-order valence-corrected chi connectivity index (χ0v) is 11.7. The second-order valence-electron chi connectivity index (χ2n) is 4.43. The highest BCUT2D eigenvalue weighted by atomic mass is 79.9. The zero-order chi connectivity index (χ0) is 12.1. The Morgan fingerprint density at radius 2 is 2.24 bits per heavy atom. The summed E-state index contributed by atoms with van der Waals surface area (Å²) in [4.78, 5) is 11.1. The van der Waals surface area contributed by atoms with Gasteiger partial charge in [0.15, 0.2) is 0 Å². The summed E-state index contributed by atoms with van der Waals surface area (Å²) < 4.78 is 5.23. The lowest BCUT2D eigenvalue weighted by atomic mass is 9.99. The molecule has 4 nitrogen and oxygen atoms in total. The molecule has 94 valence electrons. The van der Waals surface area contributed by atoms with E-state index in [1.807, 2.05) is 12.4 Å². The average molecular weight is 300 g/mol. The molecule has 0 bridgehead atoms. The summed E-state index contributed by atoms with van der Waals surface area (Å²) in [6.07, 6.45) is 6.20. The Kier molecular flexibility index (Phi) is 4.74. The van der Waals surface area contributed by atoms with Gasteiger partial charge in [0.2, 0.25) is 5.95 Å². The summed E-state index contributed by atoms with van der Waals surface area (Å²) in [5.41, 5.74) is 1.11. The summed E-state index contributed by atoms with van der Waals surface area (Å²) in [6.45, 7) is 2.88. The molecule has 1 fully saturated rings. The smallest absolute Gasteiger partial charge is 0.225 e. The first-order valence-electron chi connectivity index (χ1n) is 5.94. The summed E-state index contributed by atoms with van der Waals surface area (Å²) in [5, 5.41) is 0.805. The first-order valence-corrected chi connectivity index (χ1v) is 7.06.